The first-order valence-electron chi connectivity index (χ1n) is 8.55. The van der Waals surface area contributed by atoms with Crippen LogP contribution in [0, 0.1) is 0 Å². The third-order valence-electron chi connectivity index (χ3n) is 4.17. The van der Waals surface area contributed by atoms with Crippen molar-refractivity contribution in [3.05, 3.63) is 60.3 Å². The highest BCUT2D eigenvalue weighted by molar-refractivity contribution is 8.01. The monoisotopic (exact) mass is 369 g/mol. The van der Waals surface area contributed by atoms with E-state index in [4.69, 9.17) is 9.47 Å². The lowest BCUT2D eigenvalue weighted by Gasteiger charge is -2.21. The van der Waals surface area contributed by atoms with Crippen LogP contribution in [0.1, 0.15) is 19.4 Å². The van der Waals surface area contributed by atoms with Crippen LogP contribution < -0.4 is 4.74 Å². The van der Waals surface area contributed by atoms with Crippen LogP contribution in [0.5, 0.6) is 5.75 Å². The van der Waals surface area contributed by atoms with Gasteiger partial charge in [-0.05, 0) is 43.7 Å². The molecule has 2 aromatic carbocycles. The SMILES string of the molecule is COC(=O)C(C)(C)Sc1cccc(OCCc2c[nH]c3ccccc23)c1. The highest BCUT2D eigenvalue weighted by atomic mass is 32.2. The fourth-order valence-electron chi connectivity index (χ4n) is 2.83. The molecular formula is C21H23NO3S. The number of ether oxygens (including phenoxy) is 2. The summed E-state index contributed by atoms with van der Waals surface area (Å²) in [7, 11) is 1.41. The zero-order chi connectivity index (χ0) is 18.6. The summed E-state index contributed by atoms with van der Waals surface area (Å²) < 4.78 is 10.2. The van der Waals surface area contributed by atoms with Crippen molar-refractivity contribution in [3.63, 3.8) is 0 Å². The number of rotatable bonds is 7. The van der Waals surface area contributed by atoms with Gasteiger partial charge in [-0.25, -0.2) is 0 Å². The molecule has 1 N–H and O–H groups in total. The Hall–Kier alpha value is -2.40. The van der Waals surface area contributed by atoms with Gasteiger partial charge in [-0.1, -0.05) is 24.3 Å². The number of carbonyl (C=O) groups is 1. The zero-order valence-electron chi connectivity index (χ0n) is 15.2. The molecule has 0 bridgehead atoms. The van der Waals surface area contributed by atoms with Crippen LogP contribution in [-0.2, 0) is 16.0 Å². The minimum atomic E-state index is -0.641. The highest BCUT2D eigenvalue weighted by Gasteiger charge is 2.30. The summed E-state index contributed by atoms with van der Waals surface area (Å²) in [6.07, 6.45) is 2.87. The molecule has 0 aliphatic heterocycles. The molecule has 0 amide bonds. The molecular weight excluding hydrogens is 346 g/mol. The average molecular weight is 369 g/mol. The number of methoxy groups -OCH3 is 1. The van der Waals surface area contributed by atoms with E-state index in [2.05, 4.69) is 17.1 Å². The predicted octanol–water partition coefficient (Wildman–Crippen LogP) is 4.83. The number of H-pyrrole nitrogens is 1. The van der Waals surface area contributed by atoms with Gasteiger partial charge < -0.3 is 14.5 Å². The largest absolute Gasteiger partial charge is 0.493 e. The van der Waals surface area contributed by atoms with Crippen molar-refractivity contribution in [1.82, 2.24) is 4.98 Å². The van der Waals surface area contributed by atoms with Crippen molar-refractivity contribution in [2.45, 2.75) is 29.9 Å². The maximum Gasteiger partial charge on any atom is 0.321 e. The van der Waals surface area contributed by atoms with E-state index in [0.29, 0.717) is 6.61 Å². The molecule has 0 radical (unpaired) electrons. The minimum Gasteiger partial charge on any atom is -0.493 e. The van der Waals surface area contributed by atoms with Gasteiger partial charge in [0.15, 0.2) is 0 Å². The number of aromatic nitrogens is 1. The molecule has 5 heteroatoms. The molecule has 0 saturated heterocycles. The van der Waals surface area contributed by atoms with Gasteiger partial charge >= 0.3 is 5.97 Å². The number of esters is 1. The van der Waals surface area contributed by atoms with Crippen molar-refractivity contribution in [2.24, 2.45) is 0 Å². The lowest BCUT2D eigenvalue weighted by atomic mass is 10.1. The molecule has 0 atom stereocenters. The second kappa shape index (κ2) is 7.87. The average Bonchev–Trinajstić information content (AvgIpc) is 3.04. The molecule has 0 fully saturated rings. The van der Waals surface area contributed by atoms with Crippen LogP contribution >= 0.6 is 11.8 Å². The molecule has 1 aromatic heterocycles. The molecule has 26 heavy (non-hydrogen) atoms. The Labute approximate surface area is 157 Å². The number of benzene rings is 2. The number of hydrogen-bond donors (Lipinski definition) is 1. The summed E-state index contributed by atoms with van der Waals surface area (Å²) in [5, 5.41) is 1.24. The molecule has 0 aliphatic carbocycles. The van der Waals surface area contributed by atoms with Gasteiger partial charge in [0.05, 0.1) is 13.7 Å². The van der Waals surface area contributed by atoms with Crippen LogP contribution in [0.15, 0.2) is 59.6 Å². The van der Waals surface area contributed by atoms with E-state index < -0.39 is 4.75 Å². The fraction of sp³-hybridized carbons (Fsp3) is 0.286. The van der Waals surface area contributed by atoms with E-state index >= 15 is 0 Å². The fourth-order valence-corrected chi connectivity index (χ4v) is 3.90. The van der Waals surface area contributed by atoms with Crippen LogP contribution in [0.25, 0.3) is 10.9 Å². The van der Waals surface area contributed by atoms with Gasteiger partial charge in [-0.3, -0.25) is 4.79 Å². The van der Waals surface area contributed by atoms with Crippen LogP contribution in [0.3, 0.4) is 0 Å². The lowest BCUT2D eigenvalue weighted by molar-refractivity contribution is -0.142. The third kappa shape index (κ3) is 4.22. The number of hydrogen-bond acceptors (Lipinski definition) is 4. The number of carbonyl (C=O) groups excluding carboxylic acids is 1. The zero-order valence-corrected chi connectivity index (χ0v) is 16.1. The summed E-state index contributed by atoms with van der Waals surface area (Å²) in [5.41, 5.74) is 2.39. The molecule has 3 rings (SSSR count). The quantitative estimate of drug-likeness (QED) is 0.479. The summed E-state index contributed by atoms with van der Waals surface area (Å²) in [6.45, 7) is 4.30. The van der Waals surface area contributed by atoms with E-state index in [9.17, 15) is 4.79 Å². The Bertz CT molecular complexity index is 901. The minimum absolute atomic E-state index is 0.242. The standard InChI is InChI=1S/C21H23NO3S/c1-21(2,20(23)24-3)26-17-8-6-7-16(13-17)25-12-11-15-14-22-19-10-5-4-9-18(15)19/h4-10,13-14,22H,11-12H2,1-3H3. The number of thioether (sulfide) groups is 1. The molecule has 3 aromatic rings. The van der Waals surface area contributed by atoms with E-state index in [0.717, 1.165) is 22.6 Å². The molecule has 136 valence electrons. The molecule has 0 saturated carbocycles. The lowest BCUT2D eigenvalue weighted by Crippen LogP contribution is -2.28. The summed E-state index contributed by atoms with van der Waals surface area (Å²) in [6, 6.07) is 16.1. The first-order chi connectivity index (χ1) is 12.5. The van der Waals surface area contributed by atoms with E-state index in [-0.39, 0.29) is 5.97 Å². The number of nitrogens with one attached hydrogen (secondary N) is 1. The van der Waals surface area contributed by atoms with Gasteiger partial charge in [0.2, 0.25) is 0 Å². The first kappa shape index (κ1) is 18.4. The second-order valence-electron chi connectivity index (χ2n) is 6.54. The highest BCUT2D eigenvalue weighted by Crippen LogP contribution is 2.35. The van der Waals surface area contributed by atoms with Crippen LogP contribution in [0.2, 0.25) is 0 Å². The van der Waals surface area contributed by atoms with Gasteiger partial charge in [0.25, 0.3) is 0 Å². The maximum absolute atomic E-state index is 11.9. The summed E-state index contributed by atoms with van der Waals surface area (Å²) in [4.78, 5) is 16.1. The Morgan fingerprint density at radius 2 is 1.96 bits per heavy atom. The summed E-state index contributed by atoms with van der Waals surface area (Å²) >= 11 is 1.47. The van der Waals surface area contributed by atoms with Gasteiger partial charge in [-0.15, -0.1) is 11.8 Å². The topological polar surface area (TPSA) is 51.3 Å². The van der Waals surface area contributed by atoms with Crippen molar-refractivity contribution >= 4 is 28.6 Å². The van der Waals surface area contributed by atoms with E-state index in [1.165, 1.54) is 29.8 Å². The smallest absolute Gasteiger partial charge is 0.321 e. The summed E-state index contributed by atoms with van der Waals surface area (Å²) in [5.74, 6) is 0.559. The maximum atomic E-state index is 11.9. The normalized spacial score (nSPS) is 11.5. The Balaban J connectivity index is 1.61. The Morgan fingerprint density at radius 1 is 1.15 bits per heavy atom. The van der Waals surface area contributed by atoms with Gasteiger partial charge in [0.1, 0.15) is 10.5 Å². The Morgan fingerprint density at radius 3 is 2.77 bits per heavy atom. The van der Waals surface area contributed by atoms with Gasteiger partial charge in [0, 0.05) is 28.4 Å². The molecule has 0 spiro atoms. The van der Waals surface area contributed by atoms with Crippen molar-refractivity contribution in [1.29, 1.82) is 0 Å². The number of para-hydroxylation sites is 1. The molecule has 4 nitrogen and oxygen atoms in total. The third-order valence-corrected chi connectivity index (χ3v) is 5.34. The van der Waals surface area contributed by atoms with Crippen molar-refractivity contribution in [2.75, 3.05) is 13.7 Å². The van der Waals surface area contributed by atoms with Crippen LogP contribution in [0.4, 0.5) is 0 Å². The molecule has 0 aliphatic rings. The van der Waals surface area contributed by atoms with Crippen LogP contribution in [-0.4, -0.2) is 29.4 Å². The Kier molecular flexibility index (Phi) is 5.57. The number of aromatic amines is 1. The van der Waals surface area contributed by atoms with Crippen molar-refractivity contribution in [3.8, 4) is 5.75 Å². The first-order valence-corrected chi connectivity index (χ1v) is 9.36. The van der Waals surface area contributed by atoms with E-state index in [1.54, 1.807) is 0 Å². The molecule has 1 heterocycles. The number of fused-ring (bicyclic) bond motifs is 1. The van der Waals surface area contributed by atoms with Gasteiger partial charge in [-0.2, -0.15) is 0 Å². The second-order valence-corrected chi connectivity index (χ2v) is 8.23. The predicted molar refractivity (Wildman–Crippen MR) is 106 cm³/mol. The van der Waals surface area contributed by atoms with E-state index in [1.807, 2.05) is 56.4 Å². The molecule has 0 unspecified atom stereocenters. The van der Waals surface area contributed by atoms with Crippen molar-refractivity contribution < 1.29 is 14.3 Å².